The van der Waals surface area contributed by atoms with Crippen molar-refractivity contribution in [2.45, 2.75) is 19.3 Å². The summed E-state index contributed by atoms with van der Waals surface area (Å²) >= 11 is 0. The third-order valence-electron chi connectivity index (χ3n) is 5.27. The van der Waals surface area contributed by atoms with Crippen LogP contribution in [0.25, 0.3) is 0 Å². The number of nitrogen functional groups attached to an aromatic ring is 1. The van der Waals surface area contributed by atoms with Gasteiger partial charge >= 0.3 is 0 Å². The number of Topliss-reactive ketones (excluding diaryl/α,β-unsaturated/α-hetero) is 3. The average molecular weight is 348 g/mol. The number of hydrogen-bond acceptors (Lipinski definition) is 5. The van der Waals surface area contributed by atoms with Gasteiger partial charge in [0.15, 0.2) is 17.3 Å². The zero-order valence-corrected chi connectivity index (χ0v) is 14.4. The zero-order chi connectivity index (χ0) is 18.3. The molecule has 2 aromatic rings. The molecule has 0 amide bonds. The molecule has 2 aromatic carbocycles. The minimum Gasteiger partial charge on any atom is -0.398 e. The van der Waals surface area contributed by atoms with E-state index in [-0.39, 0.29) is 16.8 Å². The Bertz CT molecular complexity index is 896. The summed E-state index contributed by atoms with van der Waals surface area (Å²) < 4.78 is 0. The van der Waals surface area contributed by atoms with Crippen molar-refractivity contribution >= 4 is 28.7 Å². The molecule has 1 fully saturated rings. The van der Waals surface area contributed by atoms with Gasteiger partial charge in [0.25, 0.3) is 0 Å². The molecule has 0 aromatic heterocycles. The summed E-state index contributed by atoms with van der Waals surface area (Å²) in [6, 6.07) is 12.0. The normalized spacial score (nSPS) is 19.5. The molecule has 4 rings (SSSR count). The molecule has 1 atom stereocenters. The Balaban J connectivity index is 1.59. The Morgan fingerprint density at radius 2 is 1.62 bits per heavy atom. The van der Waals surface area contributed by atoms with Crippen LogP contribution in [0.4, 0.5) is 11.4 Å². The summed E-state index contributed by atoms with van der Waals surface area (Å²) in [5.74, 6) is -2.72. The van der Waals surface area contributed by atoms with Crippen LogP contribution >= 0.6 is 0 Å². The number of ketones is 3. The van der Waals surface area contributed by atoms with Crippen molar-refractivity contribution in [3.8, 4) is 0 Å². The summed E-state index contributed by atoms with van der Waals surface area (Å²) in [5.41, 5.74) is 7.96. The lowest BCUT2D eigenvalue weighted by Crippen LogP contribution is -2.29. The van der Waals surface area contributed by atoms with Gasteiger partial charge in [-0.3, -0.25) is 14.4 Å². The largest absolute Gasteiger partial charge is 0.398 e. The monoisotopic (exact) mass is 348 g/mol. The van der Waals surface area contributed by atoms with Crippen LogP contribution in [0, 0.1) is 5.92 Å². The lowest BCUT2D eigenvalue weighted by Gasteiger charge is -2.28. The van der Waals surface area contributed by atoms with Crippen molar-refractivity contribution in [2.24, 2.45) is 5.92 Å². The van der Waals surface area contributed by atoms with E-state index in [4.69, 9.17) is 5.73 Å². The maximum absolute atomic E-state index is 12.8. The molecule has 1 aliphatic carbocycles. The Labute approximate surface area is 151 Å². The van der Waals surface area contributed by atoms with Gasteiger partial charge in [-0.25, -0.2) is 0 Å². The number of hydrogen-bond donors (Lipinski definition) is 1. The minimum atomic E-state index is -1.31. The van der Waals surface area contributed by atoms with Crippen LogP contribution in [0.15, 0.2) is 42.5 Å². The van der Waals surface area contributed by atoms with Gasteiger partial charge in [0.05, 0.1) is 5.56 Å². The van der Waals surface area contributed by atoms with Gasteiger partial charge in [0.1, 0.15) is 5.92 Å². The molecule has 0 radical (unpaired) electrons. The molecule has 5 heteroatoms. The van der Waals surface area contributed by atoms with Gasteiger partial charge in [0.2, 0.25) is 0 Å². The fraction of sp³-hybridized carbons (Fsp3) is 0.286. The molecular formula is C21H20N2O3. The molecule has 0 bridgehead atoms. The summed E-state index contributed by atoms with van der Waals surface area (Å²) in [4.78, 5) is 40.3. The molecule has 2 aliphatic rings. The van der Waals surface area contributed by atoms with Gasteiger partial charge in [-0.15, -0.1) is 0 Å². The van der Waals surface area contributed by atoms with Crippen molar-refractivity contribution < 1.29 is 14.4 Å². The van der Waals surface area contributed by atoms with Crippen molar-refractivity contribution in [3.63, 3.8) is 0 Å². The number of benzene rings is 2. The number of carbonyl (C=O) groups excluding carboxylic acids is 3. The molecule has 132 valence electrons. The van der Waals surface area contributed by atoms with Crippen molar-refractivity contribution in [1.29, 1.82) is 0 Å². The van der Waals surface area contributed by atoms with Crippen LogP contribution in [0.2, 0.25) is 0 Å². The first-order valence-corrected chi connectivity index (χ1v) is 8.94. The second-order valence-electron chi connectivity index (χ2n) is 6.89. The second kappa shape index (κ2) is 6.41. The van der Waals surface area contributed by atoms with E-state index in [1.54, 1.807) is 30.3 Å². The Morgan fingerprint density at radius 1 is 0.923 bits per heavy atom. The van der Waals surface area contributed by atoms with E-state index in [1.165, 1.54) is 19.3 Å². The number of piperidine rings is 1. The number of rotatable bonds is 3. The minimum absolute atomic E-state index is 0.181. The highest BCUT2D eigenvalue weighted by Gasteiger charge is 2.44. The van der Waals surface area contributed by atoms with Gasteiger partial charge in [-0.1, -0.05) is 12.1 Å². The van der Waals surface area contributed by atoms with E-state index in [0.717, 1.165) is 18.8 Å². The molecule has 1 heterocycles. The van der Waals surface area contributed by atoms with Crippen LogP contribution in [-0.4, -0.2) is 30.4 Å². The highest BCUT2D eigenvalue weighted by atomic mass is 16.2. The summed E-state index contributed by atoms with van der Waals surface area (Å²) in [7, 11) is 0. The number of anilines is 2. The van der Waals surface area contributed by atoms with E-state index >= 15 is 0 Å². The van der Waals surface area contributed by atoms with Gasteiger partial charge < -0.3 is 10.6 Å². The van der Waals surface area contributed by atoms with Crippen molar-refractivity contribution in [2.75, 3.05) is 23.7 Å². The number of nitrogens with two attached hydrogens (primary N) is 1. The molecule has 0 spiro atoms. The first-order chi connectivity index (χ1) is 12.6. The SMILES string of the molecule is Nc1cccc2c1C(=O)C(C(=O)c1ccc(N3CCCCC3)cc1)C2=O. The zero-order valence-electron chi connectivity index (χ0n) is 14.4. The molecule has 1 unspecified atom stereocenters. The number of carbonyl (C=O) groups is 3. The molecule has 0 saturated carbocycles. The van der Waals surface area contributed by atoms with Crippen LogP contribution in [0.1, 0.15) is 50.3 Å². The van der Waals surface area contributed by atoms with Crippen LogP contribution < -0.4 is 10.6 Å². The topological polar surface area (TPSA) is 80.5 Å². The summed E-state index contributed by atoms with van der Waals surface area (Å²) in [5, 5.41) is 0. The second-order valence-corrected chi connectivity index (χ2v) is 6.89. The molecule has 26 heavy (non-hydrogen) atoms. The highest BCUT2D eigenvalue weighted by Crippen LogP contribution is 2.33. The molecule has 2 N–H and O–H groups in total. The van der Waals surface area contributed by atoms with Gasteiger partial charge in [-0.2, -0.15) is 0 Å². The molecule has 5 nitrogen and oxygen atoms in total. The molecule has 1 saturated heterocycles. The van der Waals surface area contributed by atoms with E-state index in [1.807, 2.05) is 12.1 Å². The number of nitrogens with zero attached hydrogens (tertiary/aromatic N) is 1. The Hall–Kier alpha value is -2.95. The highest BCUT2D eigenvalue weighted by molar-refractivity contribution is 6.39. The smallest absolute Gasteiger partial charge is 0.184 e. The Kier molecular flexibility index (Phi) is 4.07. The standard InChI is InChI=1S/C21H20N2O3/c22-16-6-4-5-15-17(16)21(26)18(20(15)25)19(24)13-7-9-14(10-8-13)23-11-2-1-3-12-23/h4-10,18H,1-3,11-12,22H2. The Morgan fingerprint density at radius 3 is 2.27 bits per heavy atom. The molecular weight excluding hydrogens is 328 g/mol. The van der Waals surface area contributed by atoms with Crippen molar-refractivity contribution in [3.05, 3.63) is 59.2 Å². The maximum atomic E-state index is 12.8. The molecule has 1 aliphatic heterocycles. The van der Waals surface area contributed by atoms with Gasteiger partial charge in [-0.05, 0) is 49.6 Å². The third kappa shape index (κ3) is 2.60. The van der Waals surface area contributed by atoms with E-state index in [9.17, 15) is 14.4 Å². The predicted octanol–water partition coefficient (Wildman–Crippen LogP) is 3.14. The fourth-order valence-electron chi connectivity index (χ4n) is 3.86. The van der Waals surface area contributed by atoms with Gasteiger partial charge in [0, 0.05) is 35.6 Å². The quantitative estimate of drug-likeness (QED) is 0.524. The summed E-state index contributed by atoms with van der Waals surface area (Å²) in [6.07, 6.45) is 3.60. The lowest BCUT2D eigenvalue weighted by atomic mass is 9.93. The van der Waals surface area contributed by atoms with Crippen LogP contribution in [0.3, 0.4) is 0 Å². The van der Waals surface area contributed by atoms with E-state index < -0.39 is 23.3 Å². The summed E-state index contributed by atoms with van der Waals surface area (Å²) in [6.45, 7) is 2.03. The lowest BCUT2D eigenvalue weighted by molar-refractivity contribution is 0.0757. The van der Waals surface area contributed by atoms with Crippen LogP contribution in [-0.2, 0) is 0 Å². The third-order valence-corrected chi connectivity index (χ3v) is 5.27. The fourth-order valence-corrected chi connectivity index (χ4v) is 3.86. The van der Waals surface area contributed by atoms with Crippen LogP contribution in [0.5, 0.6) is 0 Å². The first-order valence-electron chi connectivity index (χ1n) is 8.94. The number of fused-ring (bicyclic) bond motifs is 1. The first kappa shape index (κ1) is 16.5. The average Bonchev–Trinajstić information content (AvgIpc) is 2.94. The van der Waals surface area contributed by atoms with E-state index in [2.05, 4.69) is 4.90 Å². The van der Waals surface area contributed by atoms with Crippen molar-refractivity contribution in [1.82, 2.24) is 0 Å². The van der Waals surface area contributed by atoms with E-state index in [0.29, 0.717) is 5.56 Å². The predicted molar refractivity (Wildman–Crippen MR) is 99.8 cm³/mol. The maximum Gasteiger partial charge on any atom is 0.184 e.